The Labute approximate surface area is 185 Å². The van der Waals surface area contributed by atoms with Crippen molar-refractivity contribution < 1.29 is 9.64 Å². The molecular formula is C22H30N5OS2+. The summed E-state index contributed by atoms with van der Waals surface area (Å²) in [4.78, 5) is 17.6. The minimum absolute atomic E-state index is 0.452. The zero-order valence-corrected chi connectivity index (χ0v) is 19.6. The van der Waals surface area contributed by atoms with Crippen LogP contribution >= 0.6 is 23.1 Å². The van der Waals surface area contributed by atoms with Crippen LogP contribution in [0, 0.1) is 0 Å². The molecule has 2 aliphatic rings. The summed E-state index contributed by atoms with van der Waals surface area (Å²) in [5.74, 6) is 1.42. The number of nitrogens with one attached hydrogen (secondary N) is 2. The lowest BCUT2D eigenvalue weighted by molar-refractivity contribution is -0.906. The molecule has 1 saturated heterocycles. The van der Waals surface area contributed by atoms with Crippen molar-refractivity contribution in [1.29, 1.82) is 0 Å². The van der Waals surface area contributed by atoms with Gasteiger partial charge in [-0.3, -0.25) is 0 Å². The molecule has 5 rings (SSSR count). The minimum Gasteiger partial charge on any atom is -0.370 e. The summed E-state index contributed by atoms with van der Waals surface area (Å²) in [5, 5.41) is 5.75. The maximum absolute atomic E-state index is 5.48. The van der Waals surface area contributed by atoms with E-state index in [2.05, 4.69) is 25.4 Å². The number of pyridine rings is 1. The fraction of sp³-hybridized carbons (Fsp3) is 0.591. The summed E-state index contributed by atoms with van der Waals surface area (Å²) in [5.41, 5.74) is 5.35. The summed E-state index contributed by atoms with van der Waals surface area (Å²) in [6.07, 6.45) is 5.57. The highest BCUT2D eigenvalue weighted by atomic mass is 32.2. The fourth-order valence-corrected chi connectivity index (χ4v) is 6.21. The number of thioether (sulfide) groups is 1. The average Bonchev–Trinajstić information content (AvgIpc) is 3.38. The molecule has 0 unspecified atom stereocenters. The van der Waals surface area contributed by atoms with Gasteiger partial charge in [-0.05, 0) is 42.6 Å². The fourth-order valence-electron chi connectivity index (χ4n) is 4.73. The van der Waals surface area contributed by atoms with Gasteiger partial charge in [0.1, 0.15) is 23.7 Å². The summed E-state index contributed by atoms with van der Waals surface area (Å²) >= 11 is 3.37. The number of ether oxygens (including phenoxy) is 1. The van der Waals surface area contributed by atoms with Crippen LogP contribution < -0.4 is 10.2 Å². The van der Waals surface area contributed by atoms with Crippen molar-refractivity contribution >= 4 is 49.3 Å². The van der Waals surface area contributed by atoms with Gasteiger partial charge in [-0.2, -0.15) is 0 Å². The average molecular weight is 445 g/mol. The monoisotopic (exact) mass is 444 g/mol. The molecule has 1 aliphatic heterocycles. The van der Waals surface area contributed by atoms with Gasteiger partial charge in [0, 0.05) is 11.1 Å². The normalized spacial score (nSPS) is 17.3. The Morgan fingerprint density at radius 1 is 1.13 bits per heavy atom. The van der Waals surface area contributed by atoms with E-state index in [1.807, 2.05) is 0 Å². The standard InChI is InChI=1S/C22H29N5OS2/c1-13(2)17-15-6-4-5-14(15)16-18-19(30-21(16)24-17)20(26-22(25-18)29-3)23-7-8-27-9-11-28-12-10-27/h13H,4-12H2,1-3H3,(H,23,25,26)/p+1. The molecule has 3 aromatic rings. The number of hydrogen-bond acceptors (Lipinski definition) is 7. The van der Waals surface area contributed by atoms with Gasteiger partial charge in [0.05, 0.1) is 36.5 Å². The van der Waals surface area contributed by atoms with E-state index in [1.165, 1.54) is 28.6 Å². The van der Waals surface area contributed by atoms with E-state index in [0.29, 0.717) is 5.92 Å². The van der Waals surface area contributed by atoms with Gasteiger partial charge in [0.2, 0.25) is 0 Å². The zero-order valence-electron chi connectivity index (χ0n) is 18.0. The third-order valence-electron chi connectivity index (χ3n) is 6.25. The Morgan fingerprint density at radius 2 is 1.93 bits per heavy atom. The number of rotatable bonds is 6. The molecule has 1 fully saturated rings. The van der Waals surface area contributed by atoms with Crippen LogP contribution in [0.4, 0.5) is 5.82 Å². The van der Waals surface area contributed by atoms with Gasteiger partial charge in [-0.1, -0.05) is 25.6 Å². The number of anilines is 1. The molecule has 0 aromatic carbocycles. The topological polar surface area (TPSA) is 64.4 Å². The second-order valence-corrected chi connectivity index (χ2v) is 10.3. The first-order valence-electron chi connectivity index (χ1n) is 11.0. The van der Waals surface area contributed by atoms with Crippen molar-refractivity contribution in [1.82, 2.24) is 15.0 Å². The number of aryl methyl sites for hydroxylation is 1. The van der Waals surface area contributed by atoms with E-state index < -0.39 is 0 Å². The summed E-state index contributed by atoms with van der Waals surface area (Å²) in [7, 11) is 0. The Balaban J connectivity index is 1.55. The lowest BCUT2D eigenvalue weighted by Gasteiger charge is -2.23. The van der Waals surface area contributed by atoms with Crippen molar-refractivity contribution in [2.24, 2.45) is 0 Å². The van der Waals surface area contributed by atoms with Gasteiger partial charge in [0.15, 0.2) is 5.16 Å². The maximum Gasteiger partial charge on any atom is 0.189 e. The van der Waals surface area contributed by atoms with Crippen molar-refractivity contribution in [3.63, 3.8) is 0 Å². The minimum atomic E-state index is 0.452. The predicted octanol–water partition coefficient (Wildman–Crippen LogP) is 2.90. The number of fused-ring (bicyclic) bond motifs is 5. The lowest BCUT2D eigenvalue weighted by Crippen LogP contribution is -3.14. The van der Waals surface area contributed by atoms with Crippen LogP contribution in [0.3, 0.4) is 0 Å². The van der Waals surface area contributed by atoms with Crippen LogP contribution in [-0.4, -0.2) is 60.6 Å². The molecule has 30 heavy (non-hydrogen) atoms. The molecule has 1 aliphatic carbocycles. The van der Waals surface area contributed by atoms with E-state index in [0.717, 1.165) is 78.3 Å². The summed E-state index contributed by atoms with van der Waals surface area (Å²) < 4.78 is 6.63. The second-order valence-electron chi connectivity index (χ2n) is 8.52. The number of thiophene rings is 1. The Kier molecular flexibility index (Phi) is 5.84. The number of morpholine rings is 1. The van der Waals surface area contributed by atoms with Crippen molar-refractivity contribution in [3.05, 3.63) is 16.8 Å². The molecule has 160 valence electrons. The number of hydrogen-bond donors (Lipinski definition) is 2. The van der Waals surface area contributed by atoms with Gasteiger partial charge in [-0.15, -0.1) is 11.3 Å². The number of quaternary nitrogens is 1. The molecule has 0 amide bonds. The SMILES string of the molecule is CSc1nc(NCC[NH+]2CCOCC2)c2sc3nc(C(C)C)c4c(c3c2n1)CCC4. The quantitative estimate of drug-likeness (QED) is 0.450. The van der Waals surface area contributed by atoms with E-state index in [9.17, 15) is 0 Å². The molecule has 4 heterocycles. The third-order valence-corrected chi connectivity index (χ3v) is 7.87. The van der Waals surface area contributed by atoms with Crippen molar-refractivity contribution in [3.8, 4) is 0 Å². The van der Waals surface area contributed by atoms with E-state index in [-0.39, 0.29) is 0 Å². The highest BCUT2D eigenvalue weighted by molar-refractivity contribution is 7.98. The Bertz CT molecular complexity index is 1070. The van der Waals surface area contributed by atoms with Gasteiger partial charge in [0.25, 0.3) is 0 Å². The van der Waals surface area contributed by atoms with Crippen LogP contribution in [0.5, 0.6) is 0 Å². The van der Waals surface area contributed by atoms with Crippen molar-refractivity contribution in [2.75, 3.05) is 51.0 Å². The molecule has 0 bridgehead atoms. The van der Waals surface area contributed by atoms with E-state index in [1.54, 1.807) is 28.0 Å². The van der Waals surface area contributed by atoms with Crippen LogP contribution in [0.15, 0.2) is 5.16 Å². The molecule has 0 saturated carbocycles. The van der Waals surface area contributed by atoms with Crippen LogP contribution in [0.2, 0.25) is 0 Å². The first kappa shape index (κ1) is 20.4. The van der Waals surface area contributed by atoms with E-state index in [4.69, 9.17) is 19.7 Å². The molecular weight excluding hydrogens is 414 g/mol. The summed E-state index contributed by atoms with van der Waals surface area (Å²) in [6, 6.07) is 0. The number of nitrogens with zero attached hydrogens (tertiary/aromatic N) is 3. The molecule has 6 nitrogen and oxygen atoms in total. The van der Waals surface area contributed by atoms with Crippen LogP contribution in [0.25, 0.3) is 20.4 Å². The second kappa shape index (κ2) is 8.57. The smallest absolute Gasteiger partial charge is 0.189 e. The van der Waals surface area contributed by atoms with Gasteiger partial charge < -0.3 is 15.0 Å². The van der Waals surface area contributed by atoms with E-state index >= 15 is 0 Å². The van der Waals surface area contributed by atoms with Crippen molar-refractivity contribution in [2.45, 2.75) is 44.2 Å². The van der Waals surface area contributed by atoms with Crippen LogP contribution in [-0.2, 0) is 17.6 Å². The summed E-state index contributed by atoms with van der Waals surface area (Å²) in [6.45, 7) is 10.4. The van der Waals surface area contributed by atoms with Crippen LogP contribution in [0.1, 0.15) is 43.0 Å². The lowest BCUT2D eigenvalue weighted by atomic mass is 9.99. The predicted molar refractivity (Wildman–Crippen MR) is 125 cm³/mol. The Morgan fingerprint density at radius 3 is 2.70 bits per heavy atom. The molecule has 2 N–H and O–H groups in total. The molecule has 0 atom stereocenters. The largest absolute Gasteiger partial charge is 0.370 e. The third kappa shape index (κ3) is 3.68. The number of aromatic nitrogens is 3. The Hall–Kier alpha value is -1.48. The maximum atomic E-state index is 5.48. The first-order chi connectivity index (χ1) is 14.7. The highest BCUT2D eigenvalue weighted by Gasteiger charge is 2.26. The first-order valence-corrected chi connectivity index (χ1v) is 13.0. The zero-order chi connectivity index (χ0) is 20.7. The molecule has 8 heteroatoms. The molecule has 0 spiro atoms. The molecule has 0 radical (unpaired) electrons. The highest BCUT2D eigenvalue weighted by Crippen LogP contribution is 2.43. The molecule has 3 aromatic heterocycles. The van der Waals surface area contributed by atoms with Gasteiger partial charge in [-0.25, -0.2) is 15.0 Å². The van der Waals surface area contributed by atoms with Gasteiger partial charge >= 0.3 is 0 Å².